The summed E-state index contributed by atoms with van der Waals surface area (Å²) in [5.74, 6) is 0. The summed E-state index contributed by atoms with van der Waals surface area (Å²) in [5.41, 5.74) is 4.01. The molecule has 86 valence electrons. The number of hydrogen-bond acceptors (Lipinski definition) is 0. The zero-order chi connectivity index (χ0) is 12.5. The highest BCUT2D eigenvalue weighted by Gasteiger charge is 2.08. The molecule has 0 aliphatic carbocycles. The van der Waals surface area contributed by atoms with Crippen molar-refractivity contribution in [1.29, 1.82) is 0 Å². The van der Waals surface area contributed by atoms with E-state index < -0.39 is 0 Å². The van der Waals surface area contributed by atoms with Gasteiger partial charge in [-0.25, -0.2) is 4.85 Å². The second-order valence-electron chi connectivity index (χ2n) is 4.30. The van der Waals surface area contributed by atoms with Crippen molar-refractivity contribution in [1.82, 2.24) is 4.57 Å². The van der Waals surface area contributed by atoms with Crippen molar-refractivity contribution in [2.24, 2.45) is 0 Å². The number of benzene rings is 2. The predicted molar refractivity (Wildman–Crippen MR) is 74.3 cm³/mol. The van der Waals surface area contributed by atoms with Gasteiger partial charge in [-0.2, -0.15) is 0 Å². The third kappa shape index (κ3) is 1.49. The quantitative estimate of drug-likeness (QED) is 0.547. The van der Waals surface area contributed by atoms with Crippen LogP contribution in [-0.4, -0.2) is 4.57 Å². The average molecular weight is 232 g/mol. The number of aromatic nitrogens is 1. The van der Waals surface area contributed by atoms with Crippen LogP contribution in [0.5, 0.6) is 0 Å². The van der Waals surface area contributed by atoms with Crippen LogP contribution < -0.4 is 0 Å². The van der Waals surface area contributed by atoms with Crippen LogP contribution in [0.25, 0.3) is 21.4 Å². The summed E-state index contributed by atoms with van der Waals surface area (Å²) in [6.07, 6.45) is 2.03. The largest absolute Gasteiger partial charge is 0.326 e. The normalized spacial score (nSPS) is 10.4. The number of rotatable bonds is 1. The van der Waals surface area contributed by atoms with Crippen LogP contribution >= 0.6 is 0 Å². The third-order valence-corrected chi connectivity index (χ3v) is 3.17. The zero-order valence-electron chi connectivity index (χ0n) is 10.1. The van der Waals surface area contributed by atoms with Gasteiger partial charge in [0.1, 0.15) is 0 Å². The molecule has 18 heavy (non-hydrogen) atoms. The molecule has 0 spiro atoms. The Hall–Kier alpha value is -2.53. The predicted octanol–water partition coefficient (Wildman–Crippen LogP) is 4.49. The molecule has 2 aromatic carbocycles. The summed E-state index contributed by atoms with van der Waals surface area (Å²) in [6, 6.07) is 16.0. The molecule has 0 saturated carbocycles. The highest BCUT2D eigenvalue weighted by molar-refractivity contribution is 5.86. The summed E-state index contributed by atoms with van der Waals surface area (Å²) in [4.78, 5) is 3.59. The van der Waals surface area contributed by atoms with Gasteiger partial charge in [-0.15, -0.1) is 0 Å². The lowest BCUT2D eigenvalue weighted by Gasteiger charge is -2.09. The fourth-order valence-corrected chi connectivity index (χ4v) is 2.34. The Bertz CT molecular complexity index is 760. The van der Waals surface area contributed by atoms with Gasteiger partial charge in [-0.3, -0.25) is 0 Å². The first-order valence-electron chi connectivity index (χ1n) is 5.85. The van der Waals surface area contributed by atoms with Gasteiger partial charge in [0.05, 0.1) is 17.8 Å². The number of para-hydroxylation sites is 3. The summed E-state index contributed by atoms with van der Waals surface area (Å²) in [7, 11) is 0. The molecule has 0 aliphatic heterocycles. The van der Waals surface area contributed by atoms with E-state index in [1.165, 1.54) is 16.5 Å². The van der Waals surface area contributed by atoms with E-state index in [0.717, 1.165) is 5.69 Å². The summed E-state index contributed by atoms with van der Waals surface area (Å²) in [6.45, 7) is 9.36. The number of aryl methyl sites for hydroxylation is 1. The van der Waals surface area contributed by atoms with Crippen LogP contribution in [0.3, 0.4) is 0 Å². The molecule has 3 rings (SSSR count). The highest BCUT2D eigenvalue weighted by atomic mass is 15.0. The van der Waals surface area contributed by atoms with Gasteiger partial charge in [0.2, 0.25) is 5.69 Å². The number of fused-ring (bicyclic) bond motifs is 1. The van der Waals surface area contributed by atoms with E-state index >= 15 is 0 Å². The minimum absolute atomic E-state index is 0.679. The standard InChI is InChI=1S/C16H12N2/c1-12-6-5-7-13-10-11-18(16(12)13)15-9-4-3-8-14(15)17-2/h3-11H,1H3. The van der Waals surface area contributed by atoms with E-state index in [1.54, 1.807) is 0 Å². The van der Waals surface area contributed by atoms with Crippen LogP contribution in [0.2, 0.25) is 0 Å². The van der Waals surface area contributed by atoms with Gasteiger partial charge < -0.3 is 4.57 Å². The molecule has 0 N–H and O–H groups in total. The van der Waals surface area contributed by atoms with Crippen LogP contribution in [0, 0.1) is 13.5 Å². The van der Waals surface area contributed by atoms with E-state index in [2.05, 4.69) is 40.6 Å². The smallest absolute Gasteiger partial charge is 0.210 e. The molecule has 0 aliphatic rings. The highest BCUT2D eigenvalue weighted by Crippen LogP contribution is 2.29. The van der Waals surface area contributed by atoms with Crippen LogP contribution in [-0.2, 0) is 0 Å². The lowest BCUT2D eigenvalue weighted by atomic mass is 10.1. The van der Waals surface area contributed by atoms with Gasteiger partial charge in [0, 0.05) is 11.6 Å². The molecule has 2 nitrogen and oxygen atoms in total. The molecule has 3 aromatic rings. The summed E-state index contributed by atoms with van der Waals surface area (Å²) >= 11 is 0. The maximum absolute atomic E-state index is 7.26. The molecule has 0 amide bonds. The van der Waals surface area contributed by atoms with E-state index in [4.69, 9.17) is 6.57 Å². The zero-order valence-corrected chi connectivity index (χ0v) is 10.1. The average Bonchev–Trinajstić information content (AvgIpc) is 2.84. The molecule has 0 bridgehead atoms. The van der Waals surface area contributed by atoms with Gasteiger partial charge >= 0.3 is 0 Å². The minimum atomic E-state index is 0.679. The lowest BCUT2D eigenvalue weighted by Crippen LogP contribution is -1.93. The maximum Gasteiger partial charge on any atom is 0.210 e. The monoisotopic (exact) mass is 232 g/mol. The van der Waals surface area contributed by atoms with Crippen molar-refractivity contribution in [3.8, 4) is 5.69 Å². The summed E-state index contributed by atoms with van der Waals surface area (Å²) in [5, 5.41) is 1.20. The van der Waals surface area contributed by atoms with Gasteiger partial charge in [0.25, 0.3) is 0 Å². The Labute approximate surface area is 106 Å². The number of nitrogens with zero attached hydrogens (tertiary/aromatic N) is 2. The topological polar surface area (TPSA) is 9.29 Å². The van der Waals surface area contributed by atoms with Gasteiger partial charge in [-0.05, 0) is 24.6 Å². The van der Waals surface area contributed by atoms with Crippen molar-refractivity contribution in [2.45, 2.75) is 6.92 Å². The molecule has 0 atom stereocenters. The Balaban J connectivity index is 2.37. The molecule has 2 heteroatoms. The Morgan fingerprint density at radius 3 is 2.67 bits per heavy atom. The van der Waals surface area contributed by atoms with E-state index in [0.29, 0.717) is 5.69 Å². The first-order valence-corrected chi connectivity index (χ1v) is 5.85. The van der Waals surface area contributed by atoms with E-state index in [1.807, 2.05) is 30.5 Å². The van der Waals surface area contributed by atoms with Crippen molar-refractivity contribution >= 4 is 16.6 Å². The summed E-state index contributed by atoms with van der Waals surface area (Å²) < 4.78 is 2.10. The lowest BCUT2D eigenvalue weighted by molar-refractivity contribution is 1.12. The molecule has 0 saturated heterocycles. The Kier molecular flexibility index (Phi) is 2.39. The minimum Gasteiger partial charge on any atom is -0.326 e. The number of hydrogen-bond donors (Lipinski definition) is 0. The van der Waals surface area contributed by atoms with Crippen LogP contribution in [0.4, 0.5) is 5.69 Å². The van der Waals surface area contributed by atoms with Crippen LogP contribution in [0.1, 0.15) is 5.56 Å². The van der Waals surface area contributed by atoms with Gasteiger partial charge in [-0.1, -0.05) is 36.4 Å². The molecule has 0 unspecified atom stereocenters. The first-order chi connectivity index (χ1) is 8.81. The SMILES string of the molecule is [C-]#[N+]c1ccccc1-n1ccc2cccc(C)c21. The fourth-order valence-electron chi connectivity index (χ4n) is 2.34. The Morgan fingerprint density at radius 1 is 1.00 bits per heavy atom. The molecule has 0 radical (unpaired) electrons. The van der Waals surface area contributed by atoms with Crippen molar-refractivity contribution < 1.29 is 0 Å². The van der Waals surface area contributed by atoms with E-state index in [9.17, 15) is 0 Å². The molecular formula is C16H12N2. The first kappa shape index (κ1) is 10.6. The van der Waals surface area contributed by atoms with Crippen LogP contribution in [0.15, 0.2) is 54.7 Å². The van der Waals surface area contributed by atoms with Crippen molar-refractivity contribution in [3.63, 3.8) is 0 Å². The Morgan fingerprint density at radius 2 is 1.83 bits per heavy atom. The maximum atomic E-state index is 7.26. The fraction of sp³-hybridized carbons (Fsp3) is 0.0625. The molecular weight excluding hydrogens is 220 g/mol. The second kappa shape index (κ2) is 4.05. The van der Waals surface area contributed by atoms with Crippen molar-refractivity contribution in [2.75, 3.05) is 0 Å². The molecule has 0 fully saturated rings. The van der Waals surface area contributed by atoms with Gasteiger partial charge in [0.15, 0.2) is 0 Å². The molecule has 1 aromatic heterocycles. The third-order valence-electron chi connectivity index (χ3n) is 3.17. The van der Waals surface area contributed by atoms with Crippen molar-refractivity contribution in [3.05, 3.63) is 71.7 Å². The van der Waals surface area contributed by atoms with E-state index in [-0.39, 0.29) is 0 Å². The second-order valence-corrected chi connectivity index (χ2v) is 4.30. The molecule has 1 heterocycles.